The minimum absolute atomic E-state index is 0.173. The monoisotopic (exact) mass is 386 g/mol. The van der Waals surface area contributed by atoms with Gasteiger partial charge in [0.15, 0.2) is 5.69 Å². The molecule has 0 radical (unpaired) electrons. The first kappa shape index (κ1) is 19.9. The molecule has 0 aliphatic carbocycles. The van der Waals surface area contributed by atoms with E-state index in [0.29, 0.717) is 19.6 Å². The normalized spacial score (nSPS) is 16.1. The Hall–Kier alpha value is -2.87. The number of ether oxygens (including phenoxy) is 1. The molecule has 2 N–H and O–H groups in total. The van der Waals surface area contributed by atoms with Gasteiger partial charge in [-0.1, -0.05) is 19.1 Å². The van der Waals surface area contributed by atoms with Crippen LogP contribution in [0.25, 0.3) is 0 Å². The van der Waals surface area contributed by atoms with E-state index in [2.05, 4.69) is 23.4 Å². The fourth-order valence-corrected chi connectivity index (χ4v) is 3.05. The number of nitrogens with one attached hydrogen (secondary N) is 1. The van der Waals surface area contributed by atoms with Gasteiger partial charge < -0.3 is 20.1 Å². The summed E-state index contributed by atoms with van der Waals surface area (Å²) in [6, 6.07) is 9.45. The van der Waals surface area contributed by atoms with E-state index < -0.39 is 6.10 Å². The third kappa shape index (κ3) is 4.69. The number of aliphatic hydroxyl groups excluding tert-OH is 1. The lowest BCUT2D eigenvalue weighted by Crippen LogP contribution is -2.31. The van der Waals surface area contributed by atoms with Gasteiger partial charge >= 0.3 is 0 Å². The Labute approximate surface area is 164 Å². The topological polar surface area (TPSA) is 96.7 Å². The summed E-state index contributed by atoms with van der Waals surface area (Å²) in [5.41, 5.74) is 1.70. The minimum atomic E-state index is -0.728. The third-order valence-electron chi connectivity index (χ3n) is 4.67. The molecule has 28 heavy (non-hydrogen) atoms. The van der Waals surface area contributed by atoms with Crippen LogP contribution in [0.15, 0.2) is 30.3 Å². The maximum atomic E-state index is 12.6. The number of amides is 2. The number of β-amino-alcohol motifs (C(OH)–C–C–N with tert-alkyl or cyclic N) is 1. The fourth-order valence-electron chi connectivity index (χ4n) is 3.05. The van der Waals surface area contributed by atoms with Gasteiger partial charge in [-0.15, -0.1) is 0 Å². The molecule has 0 fully saturated rings. The second-order valence-corrected chi connectivity index (χ2v) is 6.89. The Morgan fingerprint density at radius 1 is 1.43 bits per heavy atom. The van der Waals surface area contributed by atoms with Gasteiger partial charge in [0.2, 0.25) is 0 Å². The van der Waals surface area contributed by atoms with Gasteiger partial charge in [-0.25, -0.2) is 0 Å². The predicted octanol–water partition coefficient (Wildman–Crippen LogP) is 1.09. The van der Waals surface area contributed by atoms with Crippen LogP contribution >= 0.6 is 0 Å². The van der Waals surface area contributed by atoms with E-state index in [9.17, 15) is 14.7 Å². The lowest BCUT2D eigenvalue weighted by molar-refractivity contribution is 0.0779. The number of fused-ring (bicyclic) bond motifs is 1. The number of carbonyl (C=O) groups excluding carboxylic acids is 2. The second kappa shape index (κ2) is 8.88. The maximum absolute atomic E-state index is 12.6. The van der Waals surface area contributed by atoms with Crippen molar-refractivity contribution in [2.24, 2.45) is 0 Å². The molecular formula is C20H26N4O4. The van der Waals surface area contributed by atoms with Crippen molar-refractivity contribution in [1.29, 1.82) is 0 Å². The first-order valence-electron chi connectivity index (χ1n) is 9.49. The molecule has 2 aromatic rings. The van der Waals surface area contributed by atoms with Crippen LogP contribution in [-0.2, 0) is 13.0 Å². The summed E-state index contributed by atoms with van der Waals surface area (Å²) in [6.07, 6.45) is 0.901. The van der Waals surface area contributed by atoms with Crippen molar-refractivity contribution < 1.29 is 19.4 Å². The lowest BCUT2D eigenvalue weighted by atomic mass is 10.2. The van der Waals surface area contributed by atoms with E-state index in [-0.39, 0.29) is 36.3 Å². The summed E-state index contributed by atoms with van der Waals surface area (Å²) in [5, 5.41) is 16.6. The number of aliphatic hydroxyl groups is 1. The number of benzene rings is 1. The molecule has 1 aromatic carbocycles. The molecule has 3 rings (SSSR count). The summed E-state index contributed by atoms with van der Waals surface area (Å²) in [4.78, 5) is 26.2. The molecule has 8 heteroatoms. The summed E-state index contributed by atoms with van der Waals surface area (Å²) >= 11 is 0. The largest absolute Gasteiger partial charge is 0.494 e. The summed E-state index contributed by atoms with van der Waals surface area (Å²) in [6.45, 7) is 3.45. The van der Waals surface area contributed by atoms with E-state index in [1.165, 1.54) is 16.3 Å². The quantitative estimate of drug-likeness (QED) is 0.695. The zero-order chi connectivity index (χ0) is 20.1. The second-order valence-electron chi connectivity index (χ2n) is 6.89. The Balaban J connectivity index is 1.53. The molecular weight excluding hydrogens is 360 g/mol. The van der Waals surface area contributed by atoms with Crippen LogP contribution in [0.1, 0.15) is 39.9 Å². The Morgan fingerprint density at radius 2 is 2.25 bits per heavy atom. The lowest BCUT2D eigenvalue weighted by Gasteiger charge is -2.16. The van der Waals surface area contributed by atoms with Crippen LogP contribution in [0.2, 0.25) is 0 Å². The summed E-state index contributed by atoms with van der Waals surface area (Å²) in [7, 11) is 1.69. The molecule has 1 unspecified atom stereocenters. The van der Waals surface area contributed by atoms with E-state index in [0.717, 1.165) is 12.2 Å². The molecule has 8 nitrogen and oxygen atoms in total. The number of hydrogen-bond acceptors (Lipinski definition) is 5. The molecule has 0 spiro atoms. The van der Waals surface area contributed by atoms with E-state index in [1.807, 2.05) is 18.2 Å². The van der Waals surface area contributed by atoms with Crippen molar-refractivity contribution in [2.75, 3.05) is 26.7 Å². The number of carbonyl (C=O) groups is 2. The van der Waals surface area contributed by atoms with Crippen LogP contribution in [0, 0.1) is 0 Å². The molecule has 2 heterocycles. The van der Waals surface area contributed by atoms with Crippen molar-refractivity contribution in [3.63, 3.8) is 0 Å². The zero-order valence-corrected chi connectivity index (χ0v) is 16.2. The number of rotatable bonds is 7. The summed E-state index contributed by atoms with van der Waals surface area (Å²) in [5.74, 6) is 0.222. The molecule has 1 aliphatic heterocycles. The van der Waals surface area contributed by atoms with Crippen LogP contribution in [0.4, 0.5) is 0 Å². The molecule has 150 valence electrons. The fraction of sp³-hybridized carbons (Fsp3) is 0.450. The maximum Gasteiger partial charge on any atom is 0.274 e. The van der Waals surface area contributed by atoms with Crippen molar-refractivity contribution in [2.45, 2.75) is 32.4 Å². The highest BCUT2D eigenvalue weighted by atomic mass is 16.5. The molecule has 0 saturated carbocycles. The van der Waals surface area contributed by atoms with Crippen molar-refractivity contribution in [1.82, 2.24) is 20.0 Å². The van der Waals surface area contributed by atoms with Crippen LogP contribution < -0.4 is 10.1 Å². The highest BCUT2D eigenvalue weighted by Crippen LogP contribution is 2.14. The molecule has 2 amide bonds. The molecule has 1 atom stereocenters. The number of aromatic nitrogens is 2. The summed E-state index contributed by atoms with van der Waals surface area (Å²) < 4.78 is 7.14. The van der Waals surface area contributed by atoms with E-state index >= 15 is 0 Å². The van der Waals surface area contributed by atoms with Gasteiger partial charge in [-0.05, 0) is 30.5 Å². The van der Waals surface area contributed by atoms with Gasteiger partial charge in [0.05, 0.1) is 19.3 Å². The van der Waals surface area contributed by atoms with Crippen LogP contribution in [-0.4, -0.2) is 64.4 Å². The molecule has 0 bridgehead atoms. The molecule has 0 saturated heterocycles. The first-order chi connectivity index (χ1) is 13.5. The van der Waals surface area contributed by atoms with E-state index in [4.69, 9.17) is 4.74 Å². The van der Waals surface area contributed by atoms with E-state index in [1.54, 1.807) is 11.9 Å². The average molecular weight is 386 g/mol. The average Bonchev–Trinajstić information content (AvgIpc) is 3.07. The van der Waals surface area contributed by atoms with Crippen LogP contribution in [0.5, 0.6) is 5.75 Å². The Morgan fingerprint density at radius 3 is 3.04 bits per heavy atom. The first-order valence-corrected chi connectivity index (χ1v) is 9.49. The molecule has 1 aromatic heterocycles. The standard InChI is InChI=1S/C20H26N4O4/c1-3-14-6-4-7-16(10-14)28-9-5-8-23(2)20(27)17-11-18-19(26)21-12-15(25)13-24(18)22-17/h4,6-7,10-11,15,25H,3,5,8-9,12-13H2,1-2H3,(H,21,26). The van der Waals surface area contributed by atoms with Gasteiger partial charge in [0.25, 0.3) is 11.8 Å². The van der Waals surface area contributed by atoms with Gasteiger partial charge in [0, 0.05) is 26.2 Å². The number of aryl methyl sites for hydroxylation is 1. The highest BCUT2D eigenvalue weighted by molar-refractivity contribution is 5.98. The highest BCUT2D eigenvalue weighted by Gasteiger charge is 2.25. The van der Waals surface area contributed by atoms with Gasteiger partial charge in [-0.3, -0.25) is 14.3 Å². The smallest absolute Gasteiger partial charge is 0.274 e. The minimum Gasteiger partial charge on any atom is -0.494 e. The number of hydrogen-bond donors (Lipinski definition) is 2. The number of nitrogens with zero attached hydrogens (tertiary/aromatic N) is 3. The Bertz CT molecular complexity index is 848. The SMILES string of the molecule is CCc1cccc(OCCCN(C)C(=O)c2cc3n(n2)CC(O)CNC3=O)c1. The zero-order valence-electron chi connectivity index (χ0n) is 16.2. The van der Waals surface area contributed by atoms with Crippen molar-refractivity contribution in [3.05, 3.63) is 47.3 Å². The third-order valence-corrected chi connectivity index (χ3v) is 4.67. The van der Waals surface area contributed by atoms with Gasteiger partial charge in [0.1, 0.15) is 11.4 Å². The van der Waals surface area contributed by atoms with Crippen molar-refractivity contribution in [3.8, 4) is 5.75 Å². The molecule has 1 aliphatic rings. The van der Waals surface area contributed by atoms with Crippen molar-refractivity contribution >= 4 is 11.8 Å². The predicted molar refractivity (Wildman–Crippen MR) is 103 cm³/mol. The Kier molecular flexibility index (Phi) is 6.30. The van der Waals surface area contributed by atoms with Gasteiger partial charge in [-0.2, -0.15) is 5.10 Å². The van der Waals surface area contributed by atoms with Crippen LogP contribution in [0.3, 0.4) is 0 Å².